The summed E-state index contributed by atoms with van der Waals surface area (Å²) < 4.78 is 1.22. The van der Waals surface area contributed by atoms with Crippen molar-refractivity contribution in [2.24, 2.45) is 0 Å². The fourth-order valence-electron chi connectivity index (χ4n) is 1.36. The summed E-state index contributed by atoms with van der Waals surface area (Å²) >= 11 is 3.35. The molecular weight excluding hydrogens is 238 g/mol. The van der Waals surface area contributed by atoms with Crippen LogP contribution in [0.1, 0.15) is 17.3 Å². The molecule has 0 aliphatic carbocycles. The van der Waals surface area contributed by atoms with E-state index < -0.39 is 0 Å². The Balaban J connectivity index is 2.24. The first kappa shape index (κ1) is 11.2. The molecule has 2 aromatic rings. The van der Waals surface area contributed by atoms with Gasteiger partial charge in [0.25, 0.3) is 0 Å². The van der Waals surface area contributed by atoms with Crippen LogP contribution in [0.2, 0.25) is 0 Å². The molecule has 0 aliphatic heterocycles. The third kappa shape index (κ3) is 2.46. The van der Waals surface area contributed by atoms with Gasteiger partial charge in [-0.3, -0.25) is 4.79 Å². The number of hydrogen-bond acceptors (Lipinski definition) is 4. The highest BCUT2D eigenvalue weighted by atomic mass is 32.2. The van der Waals surface area contributed by atoms with Crippen LogP contribution < -0.4 is 5.73 Å². The van der Waals surface area contributed by atoms with Crippen LogP contribution in [0, 0.1) is 0 Å². The Labute approximate surface area is 102 Å². The zero-order valence-electron chi connectivity index (χ0n) is 8.77. The largest absolute Gasteiger partial charge is 0.398 e. The van der Waals surface area contributed by atoms with E-state index in [1.165, 1.54) is 11.1 Å². The topological polar surface area (TPSA) is 43.1 Å². The molecule has 2 rings (SSSR count). The number of carbonyl (C=O) groups is 1. The minimum absolute atomic E-state index is 0.00479. The van der Waals surface area contributed by atoms with Crippen molar-refractivity contribution in [2.75, 3.05) is 5.73 Å². The van der Waals surface area contributed by atoms with Crippen molar-refractivity contribution in [3.05, 3.63) is 41.3 Å². The van der Waals surface area contributed by atoms with Gasteiger partial charge in [-0.25, -0.2) is 0 Å². The summed E-state index contributed by atoms with van der Waals surface area (Å²) in [6.07, 6.45) is 0. The Bertz CT molecular complexity index is 506. The summed E-state index contributed by atoms with van der Waals surface area (Å²) in [6, 6.07) is 9.64. The summed E-state index contributed by atoms with van der Waals surface area (Å²) in [5.74, 6) is 0.00479. The molecule has 2 N–H and O–H groups in total. The second kappa shape index (κ2) is 4.72. The molecule has 4 heteroatoms. The minimum Gasteiger partial charge on any atom is -0.398 e. The van der Waals surface area contributed by atoms with Gasteiger partial charge in [0, 0.05) is 16.1 Å². The summed E-state index contributed by atoms with van der Waals surface area (Å²) in [5, 5.41) is 2.04. The Morgan fingerprint density at radius 2 is 2.19 bits per heavy atom. The number of nitrogen functional groups attached to an aromatic ring is 1. The van der Waals surface area contributed by atoms with Gasteiger partial charge in [-0.15, -0.1) is 11.3 Å². The Kier molecular flexibility index (Phi) is 3.31. The highest BCUT2D eigenvalue weighted by Crippen LogP contribution is 2.32. The third-order valence-electron chi connectivity index (χ3n) is 2.12. The SMILES string of the molecule is CC(=O)c1ccc(Sc2cccs2)cc1N. The molecule has 0 amide bonds. The lowest BCUT2D eigenvalue weighted by Crippen LogP contribution is -1.99. The molecule has 1 aromatic carbocycles. The third-order valence-corrected chi connectivity index (χ3v) is 4.14. The van der Waals surface area contributed by atoms with Crippen LogP contribution >= 0.6 is 23.1 Å². The van der Waals surface area contributed by atoms with E-state index in [2.05, 4.69) is 6.07 Å². The molecule has 0 spiro atoms. The molecular formula is C12H11NOS2. The lowest BCUT2D eigenvalue weighted by Gasteiger charge is -2.04. The maximum atomic E-state index is 11.2. The number of carbonyl (C=O) groups excluding carboxylic acids is 1. The molecule has 0 radical (unpaired) electrons. The van der Waals surface area contributed by atoms with Crippen LogP contribution in [0.3, 0.4) is 0 Å². The lowest BCUT2D eigenvalue weighted by molar-refractivity contribution is 0.101. The second-order valence-electron chi connectivity index (χ2n) is 3.34. The first-order chi connectivity index (χ1) is 7.66. The average Bonchev–Trinajstić information content (AvgIpc) is 2.70. The summed E-state index contributed by atoms with van der Waals surface area (Å²) in [7, 11) is 0. The lowest BCUT2D eigenvalue weighted by atomic mass is 10.1. The normalized spacial score (nSPS) is 10.3. The quantitative estimate of drug-likeness (QED) is 0.666. The van der Waals surface area contributed by atoms with E-state index in [4.69, 9.17) is 5.73 Å². The van der Waals surface area contributed by atoms with E-state index in [1.807, 2.05) is 23.6 Å². The minimum atomic E-state index is 0.00479. The molecule has 0 bridgehead atoms. The van der Waals surface area contributed by atoms with Crippen LogP contribution in [0.25, 0.3) is 0 Å². The fraction of sp³-hybridized carbons (Fsp3) is 0.0833. The van der Waals surface area contributed by atoms with Gasteiger partial charge in [0.05, 0.1) is 4.21 Å². The Hall–Kier alpha value is -1.26. The van der Waals surface area contributed by atoms with Gasteiger partial charge in [0.1, 0.15) is 0 Å². The van der Waals surface area contributed by atoms with E-state index in [0.717, 1.165) is 4.90 Å². The predicted octanol–water partition coefficient (Wildman–Crippen LogP) is 3.68. The number of hydrogen-bond donors (Lipinski definition) is 1. The highest BCUT2D eigenvalue weighted by molar-refractivity contribution is 8.01. The maximum Gasteiger partial charge on any atom is 0.161 e. The van der Waals surface area contributed by atoms with Crippen molar-refractivity contribution in [3.8, 4) is 0 Å². The van der Waals surface area contributed by atoms with E-state index >= 15 is 0 Å². The van der Waals surface area contributed by atoms with Gasteiger partial charge in [-0.05, 0) is 36.6 Å². The van der Waals surface area contributed by atoms with Gasteiger partial charge in [-0.1, -0.05) is 17.8 Å². The number of rotatable bonds is 3. The number of nitrogens with two attached hydrogens (primary N) is 1. The summed E-state index contributed by atoms with van der Waals surface area (Å²) in [4.78, 5) is 12.3. The molecule has 2 nitrogen and oxygen atoms in total. The number of ketones is 1. The number of thiophene rings is 1. The van der Waals surface area contributed by atoms with Crippen molar-refractivity contribution in [1.29, 1.82) is 0 Å². The van der Waals surface area contributed by atoms with Crippen molar-refractivity contribution in [1.82, 2.24) is 0 Å². The highest BCUT2D eigenvalue weighted by Gasteiger charge is 2.06. The first-order valence-electron chi connectivity index (χ1n) is 4.78. The van der Waals surface area contributed by atoms with Crippen molar-refractivity contribution < 1.29 is 4.79 Å². The Morgan fingerprint density at radius 1 is 1.38 bits per heavy atom. The number of benzene rings is 1. The van der Waals surface area contributed by atoms with Crippen molar-refractivity contribution >= 4 is 34.6 Å². The molecule has 16 heavy (non-hydrogen) atoms. The van der Waals surface area contributed by atoms with Crippen molar-refractivity contribution in [3.63, 3.8) is 0 Å². The van der Waals surface area contributed by atoms with Gasteiger partial charge >= 0.3 is 0 Å². The number of anilines is 1. The van der Waals surface area contributed by atoms with E-state index in [9.17, 15) is 4.79 Å². The summed E-state index contributed by atoms with van der Waals surface area (Å²) in [5.41, 5.74) is 6.96. The van der Waals surface area contributed by atoms with Gasteiger partial charge in [0.2, 0.25) is 0 Å². The van der Waals surface area contributed by atoms with Crippen molar-refractivity contribution in [2.45, 2.75) is 16.0 Å². The van der Waals surface area contributed by atoms with E-state index in [0.29, 0.717) is 11.3 Å². The van der Waals surface area contributed by atoms with Gasteiger partial charge in [-0.2, -0.15) is 0 Å². The molecule has 0 unspecified atom stereocenters. The van der Waals surface area contributed by atoms with Gasteiger partial charge in [0.15, 0.2) is 5.78 Å². The standard InChI is InChI=1S/C12H11NOS2/c1-8(14)10-5-4-9(7-11(10)13)16-12-3-2-6-15-12/h2-7H,13H2,1H3. The van der Waals surface area contributed by atoms with Crippen LogP contribution in [0.4, 0.5) is 5.69 Å². The molecule has 0 atom stereocenters. The first-order valence-corrected chi connectivity index (χ1v) is 6.48. The summed E-state index contributed by atoms with van der Waals surface area (Å²) in [6.45, 7) is 1.53. The molecule has 0 saturated carbocycles. The molecule has 82 valence electrons. The monoisotopic (exact) mass is 249 g/mol. The van der Waals surface area contributed by atoms with E-state index in [-0.39, 0.29) is 5.78 Å². The number of Topliss-reactive ketones (excluding diaryl/α,β-unsaturated/α-hetero) is 1. The fourth-order valence-corrected chi connectivity index (χ4v) is 3.16. The molecule has 0 fully saturated rings. The second-order valence-corrected chi connectivity index (χ2v) is 5.66. The van der Waals surface area contributed by atoms with Gasteiger partial charge < -0.3 is 5.73 Å². The molecule has 0 aliphatic rings. The van der Waals surface area contributed by atoms with Crippen LogP contribution in [0.5, 0.6) is 0 Å². The smallest absolute Gasteiger partial charge is 0.161 e. The predicted molar refractivity (Wildman–Crippen MR) is 69.3 cm³/mol. The zero-order valence-corrected chi connectivity index (χ0v) is 10.4. The molecule has 0 saturated heterocycles. The maximum absolute atomic E-state index is 11.2. The molecule has 1 heterocycles. The van der Waals surface area contributed by atoms with Crippen LogP contribution in [-0.4, -0.2) is 5.78 Å². The van der Waals surface area contributed by atoms with Crippen LogP contribution in [0.15, 0.2) is 44.8 Å². The Morgan fingerprint density at radius 3 is 2.75 bits per heavy atom. The van der Waals surface area contributed by atoms with E-state index in [1.54, 1.807) is 29.2 Å². The van der Waals surface area contributed by atoms with Crippen LogP contribution in [-0.2, 0) is 0 Å². The molecule has 1 aromatic heterocycles. The average molecular weight is 249 g/mol. The zero-order chi connectivity index (χ0) is 11.5.